The predicted octanol–water partition coefficient (Wildman–Crippen LogP) is 2.51. The maximum absolute atomic E-state index is 12.8. The first-order valence-electron chi connectivity index (χ1n) is 7.57. The summed E-state index contributed by atoms with van der Waals surface area (Å²) in [5.41, 5.74) is 3.11. The number of hydrogen-bond acceptors (Lipinski definition) is 2. The second-order valence-electron chi connectivity index (χ2n) is 6.23. The van der Waals surface area contributed by atoms with Crippen LogP contribution in [0.1, 0.15) is 55.5 Å². The molecule has 4 nitrogen and oxygen atoms in total. The van der Waals surface area contributed by atoms with Crippen molar-refractivity contribution in [2.75, 3.05) is 13.1 Å². The first-order chi connectivity index (χ1) is 9.34. The van der Waals surface area contributed by atoms with Gasteiger partial charge in [0, 0.05) is 42.6 Å². The molecule has 2 heterocycles. The Bertz CT molecular complexity index is 504. The molecule has 1 N–H and O–H groups in total. The second-order valence-corrected chi connectivity index (χ2v) is 6.23. The highest BCUT2D eigenvalue weighted by molar-refractivity contribution is 5.96. The van der Waals surface area contributed by atoms with E-state index in [4.69, 9.17) is 0 Å². The van der Waals surface area contributed by atoms with Crippen molar-refractivity contribution in [2.45, 2.75) is 59.7 Å². The fourth-order valence-electron chi connectivity index (χ4n) is 3.29. The summed E-state index contributed by atoms with van der Waals surface area (Å²) < 4.78 is 2.24. The lowest BCUT2D eigenvalue weighted by Crippen LogP contribution is -2.57. The summed E-state index contributed by atoms with van der Waals surface area (Å²) in [4.78, 5) is 14.9. The summed E-state index contributed by atoms with van der Waals surface area (Å²) in [5.74, 6) is 0.172. The lowest BCUT2D eigenvalue weighted by Gasteiger charge is -2.38. The largest absolute Gasteiger partial charge is 0.346 e. The van der Waals surface area contributed by atoms with Gasteiger partial charge in [-0.3, -0.25) is 4.79 Å². The number of hydrogen-bond donors (Lipinski definition) is 1. The summed E-state index contributed by atoms with van der Waals surface area (Å²) in [6.07, 6.45) is 0. The van der Waals surface area contributed by atoms with Crippen LogP contribution < -0.4 is 5.32 Å². The van der Waals surface area contributed by atoms with Crippen molar-refractivity contribution < 1.29 is 4.79 Å². The molecule has 0 saturated carbocycles. The van der Waals surface area contributed by atoms with E-state index in [-0.39, 0.29) is 11.9 Å². The number of aryl methyl sites for hydroxylation is 1. The van der Waals surface area contributed by atoms with Crippen molar-refractivity contribution in [3.63, 3.8) is 0 Å². The normalized spacial score (nSPS) is 23.4. The van der Waals surface area contributed by atoms with Gasteiger partial charge in [-0.2, -0.15) is 0 Å². The van der Waals surface area contributed by atoms with Gasteiger partial charge in [0.25, 0.3) is 5.91 Å². The van der Waals surface area contributed by atoms with Crippen LogP contribution in [0.3, 0.4) is 0 Å². The highest BCUT2D eigenvalue weighted by Crippen LogP contribution is 2.23. The Balaban J connectivity index is 2.32. The zero-order chi connectivity index (χ0) is 15.0. The summed E-state index contributed by atoms with van der Waals surface area (Å²) in [6, 6.07) is 3.01. The van der Waals surface area contributed by atoms with Crippen LogP contribution >= 0.6 is 0 Å². The molecule has 1 fully saturated rings. The van der Waals surface area contributed by atoms with Gasteiger partial charge >= 0.3 is 0 Å². The Morgan fingerprint density at radius 3 is 2.55 bits per heavy atom. The number of carbonyl (C=O) groups is 1. The molecule has 2 atom stereocenters. The quantitative estimate of drug-likeness (QED) is 0.902. The maximum Gasteiger partial charge on any atom is 0.256 e. The minimum absolute atomic E-state index is 0.172. The molecule has 112 valence electrons. The maximum atomic E-state index is 12.8. The molecule has 0 radical (unpaired) electrons. The number of rotatable bonds is 2. The van der Waals surface area contributed by atoms with Gasteiger partial charge in [-0.1, -0.05) is 0 Å². The van der Waals surface area contributed by atoms with Crippen molar-refractivity contribution in [1.82, 2.24) is 14.8 Å². The summed E-state index contributed by atoms with van der Waals surface area (Å²) in [6.45, 7) is 14.4. The van der Waals surface area contributed by atoms with Gasteiger partial charge in [0.05, 0.1) is 5.56 Å². The van der Waals surface area contributed by atoms with E-state index in [1.54, 1.807) is 0 Å². The van der Waals surface area contributed by atoms with Crippen LogP contribution in [0, 0.1) is 13.8 Å². The third-order valence-electron chi connectivity index (χ3n) is 4.53. The predicted molar refractivity (Wildman–Crippen MR) is 82.3 cm³/mol. The zero-order valence-corrected chi connectivity index (χ0v) is 13.5. The number of piperazine rings is 1. The van der Waals surface area contributed by atoms with Crippen LogP contribution in [0.5, 0.6) is 0 Å². The molecule has 0 aliphatic carbocycles. The Hall–Kier alpha value is -1.29. The van der Waals surface area contributed by atoms with Gasteiger partial charge in [0.2, 0.25) is 0 Å². The Labute approximate surface area is 122 Å². The average molecular weight is 277 g/mol. The van der Waals surface area contributed by atoms with Gasteiger partial charge in [-0.25, -0.2) is 0 Å². The summed E-state index contributed by atoms with van der Waals surface area (Å²) in [7, 11) is 0. The number of nitrogens with one attached hydrogen (secondary N) is 1. The Morgan fingerprint density at radius 1 is 1.35 bits per heavy atom. The smallest absolute Gasteiger partial charge is 0.256 e. The van der Waals surface area contributed by atoms with E-state index in [0.717, 1.165) is 30.0 Å². The molecule has 1 aliphatic rings. The second kappa shape index (κ2) is 5.60. The molecule has 4 heteroatoms. The van der Waals surface area contributed by atoms with Gasteiger partial charge in [0.1, 0.15) is 0 Å². The fourth-order valence-corrected chi connectivity index (χ4v) is 3.29. The van der Waals surface area contributed by atoms with Gasteiger partial charge in [-0.15, -0.1) is 0 Å². The molecule has 0 aromatic carbocycles. The molecule has 1 aliphatic heterocycles. The van der Waals surface area contributed by atoms with Crippen LogP contribution in [-0.4, -0.2) is 40.5 Å². The van der Waals surface area contributed by atoms with Crippen molar-refractivity contribution >= 4 is 5.91 Å². The fraction of sp³-hybridized carbons (Fsp3) is 0.688. The average Bonchev–Trinajstić information content (AvgIpc) is 2.67. The van der Waals surface area contributed by atoms with E-state index in [2.05, 4.69) is 51.4 Å². The lowest BCUT2D eigenvalue weighted by molar-refractivity contribution is 0.0602. The van der Waals surface area contributed by atoms with E-state index in [1.807, 2.05) is 11.0 Å². The minimum Gasteiger partial charge on any atom is -0.346 e. The van der Waals surface area contributed by atoms with E-state index in [9.17, 15) is 4.79 Å². The molecule has 1 aromatic rings. The lowest BCUT2D eigenvalue weighted by atomic mass is 10.1. The number of nitrogens with zero attached hydrogens (tertiary/aromatic N) is 2. The van der Waals surface area contributed by atoms with Gasteiger partial charge in [-0.05, 0) is 47.6 Å². The number of aromatic nitrogens is 1. The molecule has 0 spiro atoms. The first-order valence-corrected chi connectivity index (χ1v) is 7.57. The van der Waals surface area contributed by atoms with Crippen molar-refractivity contribution in [3.05, 3.63) is 23.0 Å². The molecule has 2 rings (SSSR count). The third kappa shape index (κ3) is 2.49. The number of amides is 1. The summed E-state index contributed by atoms with van der Waals surface area (Å²) in [5, 5.41) is 3.42. The van der Waals surface area contributed by atoms with Crippen molar-refractivity contribution in [2.24, 2.45) is 0 Å². The Morgan fingerprint density at radius 2 is 2.00 bits per heavy atom. The highest BCUT2D eigenvalue weighted by Gasteiger charge is 2.30. The molecular formula is C16H27N3O. The van der Waals surface area contributed by atoms with E-state index >= 15 is 0 Å². The number of carbonyl (C=O) groups excluding carboxylic acids is 1. The zero-order valence-electron chi connectivity index (χ0n) is 13.5. The van der Waals surface area contributed by atoms with Gasteiger partial charge in [0.15, 0.2) is 0 Å². The molecule has 1 amide bonds. The molecular weight excluding hydrogens is 250 g/mol. The monoisotopic (exact) mass is 277 g/mol. The first kappa shape index (κ1) is 15.1. The van der Waals surface area contributed by atoms with Crippen LogP contribution in [0.15, 0.2) is 6.07 Å². The molecule has 0 bridgehead atoms. The SMILES string of the molecule is Cc1cc(C(=O)N2CCNC(C)C2C)c(C)n1C(C)C. The van der Waals surface area contributed by atoms with Crippen molar-refractivity contribution in [1.29, 1.82) is 0 Å². The molecule has 1 saturated heterocycles. The van der Waals surface area contributed by atoms with Crippen LogP contribution in [0.4, 0.5) is 0 Å². The third-order valence-corrected chi connectivity index (χ3v) is 4.53. The minimum atomic E-state index is 0.172. The molecule has 1 aromatic heterocycles. The van der Waals surface area contributed by atoms with Gasteiger partial charge < -0.3 is 14.8 Å². The van der Waals surface area contributed by atoms with Crippen LogP contribution in [-0.2, 0) is 0 Å². The Kier molecular flexibility index (Phi) is 4.23. The summed E-state index contributed by atoms with van der Waals surface area (Å²) >= 11 is 0. The highest BCUT2D eigenvalue weighted by atomic mass is 16.2. The van der Waals surface area contributed by atoms with E-state index < -0.39 is 0 Å². The molecule has 20 heavy (non-hydrogen) atoms. The van der Waals surface area contributed by atoms with Crippen molar-refractivity contribution in [3.8, 4) is 0 Å². The molecule has 2 unspecified atom stereocenters. The topological polar surface area (TPSA) is 37.3 Å². The van der Waals surface area contributed by atoms with Crippen LogP contribution in [0.25, 0.3) is 0 Å². The van der Waals surface area contributed by atoms with Crippen LogP contribution in [0.2, 0.25) is 0 Å². The van der Waals surface area contributed by atoms with E-state index in [0.29, 0.717) is 12.1 Å². The standard InChI is InChI=1S/C16H27N3O/c1-10(2)19-11(3)9-15(14(19)6)16(20)18-8-7-17-12(4)13(18)5/h9-10,12-13,17H,7-8H2,1-6H3. The van der Waals surface area contributed by atoms with E-state index in [1.165, 1.54) is 0 Å².